The maximum atomic E-state index is 12.3. The first kappa shape index (κ1) is 101. The topological polar surface area (TPSA) is 449 Å². The number of anilines is 5. The molecule has 5 fully saturated rings. The molecule has 0 spiro atoms. The molecule has 5 atom stereocenters. The van der Waals surface area contributed by atoms with Crippen molar-refractivity contribution in [3.05, 3.63) is 162 Å². The van der Waals surface area contributed by atoms with Crippen molar-refractivity contribution in [1.29, 1.82) is 0 Å². The van der Waals surface area contributed by atoms with E-state index in [0.29, 0.717) is 184 Å². The van der Waals surface area contributed by atoms with E-state index in [9.17, 15) is 30.6 Å². The van der Waals surface area contributed by atoms with Gasteiger partial charge < -0.3 is 59.2 Å². The van der Waals surface area contributed by atoms with Gasteiger partial charge in [0, 0.05) is 232 Å². The number of nitrogens with two attached hydrogens (primary N) is 1. The Hall–Kier alpha value is -11.2. The zero-order chi connectivity index (χ0) is 95.6. The number of amides is 2. The summed E-state index contributed by atoms with van der Waals surface area (Å²) in [6.07, 6.45) is 17.6. The summed E-state index contributed by atoms with van der Waals surface area (Å²) in [5.41, 5.74) is 13.1. The van der Waals surface area contributed by atoms with Gasteiger partial charge in [0.2, 0.25) is 0 Å². The van der Waals surface area contributed by atoms with Crippen molar-refractivity contribution in [1.82, 2.24) is 70.1 Å². The molecule has 0 aliphatic carbocycles. The molecular formula is C90H121N25O12S5. The zero-order valence-corrected chi connectivity index (χ0v) is 82.7. The maximum Gasteiger partial charge on any atom is 0.269 e. The van der Waals surface area contributed by atoms with Crippen LogP contribution in [0.3, 0.4) is 0 Å². The van der Waals surface area contributed by atoms with Crippen molar-refractivity contribution in [3.8, 4) is 56.9 Å². The second kappa shape index (κ2) is 45.0. The first-order valence-electron chi connectivity index (χ1n) is 43.0. The molecule has 0 saturated carbocycles. The van der Waals surface area contributed by atoms with Crippen LogP contribution in [0, 0.1) is 27.7 Å². The van der Waals surface area contributed by atoms with Gasteiger partial charge >= 0.3 is 0 Å². The molecular weight excluding hydrogens is 1780 g/mol. The van der Waals surface area contributed by atoms with Crippen molar-refractivity contribution < 1.29 is 54.3 Å². The third-order valence-corrected chi connectivity index (χ3v) is 23.2. The number of pyridine rings is 3. The normalized spacial score (nSPS) is 17.8. The van der Waals surface area contributed by atoms with E-state index in [1.165, 1.54) is 0 Å². The summed E-state index contributed by atoms with van der Waals surface area (Å²) in [5.74, 6) is 7.37. The Morgan fingerprint density at radius 2 is 0.644 bits per heavy atom. The number of benzene rings is 2. The highest BCUT2D eigenvalue weighted by Crippen LogP contribution is 2.35. The van der Waals surface area contributed by atoms with Crippen molar-refractivity contribution >= 4 is 119 Å². The predicted molar refractivity (Wildman–Crippen MR) is 525 cm³/mol. The number of hydrogen-bond donors (Lipinski definition) is 2. The third-order valence-electron chi connectivity index (χ3n) is 20.1. The molecule has 3 N–H and O–H groups in total. The number of carbonyl (C=O) groups excluding carboxylic acids is 2. The fourth-order valence-electron chi connectivity index (χ4n) is 14.3. The molecule has 0 radical (unpaired) electrons. The fraction of sp³-hybridized carbons (Fsp3) is 0.456. The van der Waals surface area contributed by atoms with E-state index in [1.807, 2.05) is 113 Å². The zero-order valence-electron chi connectivity index (χ0n) is 78.6. The second-order valence-electron chi connectivity index (χ2n) is 33.9. The molecule has 8 aromatic heterocycles. The number of rotatable bonds is 18. The van der Waals surface area contributed by atoms with Gasteiger partial charge in [-0.25, -0.2) is 80.9 Å². The summed E-state index contributed by atoms with van der Waals surface area (Å²) >= 11 is 0. The molecule has 5 aliphatic rings. The number of aryl methyl sites for hydroxylation is 4. The van der Waals surface area contributed by atoms with Gasteiger partial charge in [-0.3, -0.25) is 14.6 Å². The van der Waals surface area contributed by atoms with Crippen LogP contribution < -0.4 is 35.6 Å². The van der Waals surface area contributed by atoms with Crippen LogP contribution in [0.5, 0.6) is 0 Å². The van der Waals surface area contributed by atoms with E-state index in [-0.39, 0.29) is 41.8 Å². The van der Waals surface area contributed by atoms with Crippen molar-refractivity contribution in [3.63, 3.8) is 0 Å². The Balaban J connectivity index is 0.000000159. The van der Waals surface area contributed by atoms with E-state index in [4.69, 9.17) is 49.4 Å². The summed E-state index contributed by atoms with van der Waals surface area (Å²) in [7, 11) is -11.7. The standard InChI is InChI=1S/C20H28N6O3S.C18H24N6O3S.C18H24N4O2S.C17H23N5O2S.C17H22N4O2S/c1-6-21-20(27)16-10-15(9-13(2)22-16)19-23-17(25-30(4,5)28)11-18(24-19)26-7-8-29-12-14(26)3;1-11-7-13(8-14(20-11)17(19)25)18-21-15(23-28(3,4)26)9-16(22-18)24-5-6-27-10-12(24)2;1-13-6-5-7-15(10-13)18-19-16(21-25(3,4)23)11-17(20-18)22-8-9-24-12-14(22)2;1-12-9-14(5-6-18-12)17-19-15(21-25(3,4)23)10-16(20-17)22-7-8-24-11-13(22)2;1-13-12-23-10-9-21(13)16-11-15(20-24(2,3)22)18-17(19-16)14-7-5-4-6-8-14/h9-11,14H,6-8,12H2,1-5H3,(H,21,27);7-9,12H,5-6,10H2,1-4H3,(H2,19,25);5-7,10-11,14H,8-9,12H2,1-4H3;5-6,9-10,13H,7-8,11H2,1-4H3;4-8,11,13H,9-10,12H2,1-3H3/t14-;12-;14-;2*13-/m11111/s1. The molecule has 5 saturated heterocycles. The molecule has 2 aromatic carbocycles. The number of hydrogen-bond acceptors (Lipinski definition) is 35. The first-order valence-corrected chi connectivity index (χ1v) is 54.6. The molecule has 0 unspecified atom stereocenters. The van der Waals surface area contributed by atoms with Gasteiger partial charge in [0.15, 0.2) is 58.2 Å². The number of aromatic nitrogens is 13. The average molecular weight is 1910 g/mol. The molecule has 2 amide bonds. The van der Waals surface area contributed by atoms with E-state index in [1.54, 1.807) is 118 Å². The molecule has 10 aromatic rings. The fourth-order valence-corrected chi connectivity index (χ4v) is 17.1. The van der Waals surface area contributed by atoms with Gasteiger partial charge in [0.05, 0.1) is 96.3 Å². The van der Waals surface area contributed by atoms with Gasteiger partial charge in [-0.1, -0.05) is 54.1 Å². The number of morpholine rings is 5. The molecule has 5 aliphatic heterocycles. The van der Waals surface area contributed by atoms with Crippen LogP contribution in [0.1, 0.15) is 85.2 Å². The lowest BCUT2D eigenvalue weighted by atomic mass is 10.1. The lowest BCUT2D eigenvalue weighted by molar-refractivity contribution is 0.0949. The molecule has 13 heterocycles. The summed E-state index contributed by atoms with van der Waals surface area (Å²) < 4.78 is 110. The minimum atomic E-state index is -2.41. The number of nitrogens with one attached hydrogen (secondary N) is 1. The SMILES string of the molecule is CCNC(=O)c1cc(-c2nc(N=S(C)(C)=O)cc(N3CCOC[C@H]3C)n2)cc(C)n1.C[C@@H]1COCCN1c1cc(N=S(C)(C)=O)nc(-c2ccccc2)n1.Cc1cc(-c2nc(N=S(C)(C)=O)cc(N3CCOC[C@H]3C)n2)cc(C(N)=O)n1.Cc1cc(-c2nc(N=S(C)(C)=O)cc(N3CCOC[C@H]3C)n2)ccn1.Cc1cccc(-c2nc(N=S(C)(C)=O)cc(N3CCOC[C@H]3C)n2)c1. The number of primary amides is 1. The lowest BCUT2D eigenvalue weighted by Crippen LogP contribution is -2.44. The van der Waals surface area contributed by atoms with E-state index >= 15 is 0 Å². The minimum absolute atomic E-state index is 0.123. The van der Waals surface area contributed by atoms with Gasteiger partial charge in [-0.05, 0) is 112 Å². The molecule has 708 valence electrons. The van der Waals surface area contributed by atoms with Crippen LogP contribution in [-0.4, -0.2) is 296 Å². The van der Waals surface area contributed by atoms with Crippen LogP contribution in [0.2, 0.25) is 0 Å². The Bertz CT molecular complexity index is 6310. The van der Waals surface area contributed by atoms with Gasteiger partial charge in [-0.15, -0.1) is 0 Å². The number of ether oxygens (including phenoxy) is 5. The molecule has 132 heavy (non-hydrogen) atoms. The Labute approximate surface area is 775 Å². The summed E-state index contributed by atoms with van der Waals surface area (Å²) in [4.78, 5) is 93.5. The summed E-state index contributed by atoms with van der Waals surface area (Å²) in [5, 5.41) is 2.76. The van der Waals surface area contributed by atoms with Crippen molar-refractivity contribution in [2.75, 3.05) is 192 Å². The minimum Gasteiger partial charge on any atom is -0.377 e. The summed E-state index contributed by atoms with van der Waals surface area (Å²) in [6.45, 7) is 30.3. The van der Waals surface area contributed by atoms with E-state index < -0.39 is 54.6 Å². The molecule has 42 heteroatoms. The van der Waals surface area contributed by atoms with E-state index in [0.717, 1.165) is 65.0 Å². The van der Waals surface area contributed by atoms with Crippen molar-refractivity contribution in [2.45, 2.75) is 99.4 Å². The predicted octanol–water partition coefficient (Wildman–Crippen LogP) is 11.9. The number of carbonyl (C=O) groups is 2. The quantitative estimate of drug-likeness (QED) is 0.0805. The largest absolute Gasteiger partial charge is 0.377 e. The first-order chi connectivity index (χ1) is 62.3. The van der Waals surface area contributed by atoms with Gasteiger partial charge in [0.1, 0.15) is 40.5 Å². The lowest BCUT2D eigenvalue weighted by Gasteiger charge is -2.34. The summed E-state index contributed by atoms with van der Waals surface area (Å²) in [6, 6.07) is 38.2. The molecule has 15 rings (SSSR count). The van der Waals surface area contributed by atoms with Crippen molar-refractivity contribution in [2.24, 2.45) is 27.5 Å². The average Bonchev–Trinajstić information content (AvgIpc) is 0.811. The van der Waals surface area contributed by atoms with Crippen LogP contribution >= 0.6 is 0 Å². The highest BCUT2D eigenvalue weighted by atomic mass is 32.2. The Morgan fingerprint density at radius 1 is 0.356 bits per heavy atom. The monoisotopic (exact) mass is 1900 g/mol. The Morgan fingerprint density at radius 3 is 0.939 bits per heavy atom. The molecule has 0 bridgehead atoms. The smallest absolute Gasteiger partial charge is 0.269 e. The molecule has 37 nitrogen and oxygen atoms in total. The van der Waals surface area contributed by atoms with E-state index in [2.05, 4.69) is 124 Å². The number of nitrogens with zero attached hydrogens (tertiary/aromatic N) is 23. The van der Waals surface area contributed by atoms with Crippen LogP contribution in [0.4, 0.5) is 58.2 Å². The highest BCUT2D eigenvalue weighted by Gasteiger charge is 2.29. The van der Waals surface area contributed by atoms with Crippen LogP contribution in [-0.2, 0) is 72.3 Å². The van der Waals surface area contributed by atoms with Crippen LogP contribution in [0.15, 0.2) is 149 Å². The van der Waals surface area contributed by atoms with Gasteiger partial charge in [-0.2, -0.15) is 21.8 Å². The van der Waals surface area contributed by atoms with Gasteiger partial charge in [0.25, 0.3) is 11.8 Å². The highest BCUT2D eigenvalue weighted by molar-refractivity contribution is 7.93. The third kappa shape index (κ3) is 30.7. The maximum absolute atomic E-state index is 12.3. The van der Waals surface area contributed by atoms with Crippen LogP contribution in [0.25, 0.3) is 56.9 Å². The Kier molecular flexibility index (Phi) is 34.5. The second-order valence-corrected chi connectivity index (χ2v) is 46.6.